The smallest absolute Gasteiger partial charge is 0.271 e. The van der Waals surface area contributed by atoms with Gasteiger partial charge in [0.1, 0.15) is 18.4 Å². The van der Waals surface area contributed by atoms with Crippen molar-refractivity contribution >= 4 is 28.9 Å². The molecule has 1 aliphatic rings. The van der Waals surface area contributed by atoms with Crippen LogP contribution in [0.25, 0.3) is 0 Å². The number of amides is 2. The second kappa shape index (κ2) is 8.28. The van der Waals surface area contributed by atoms with E-state index >= 15 is 0 Å². The van der Waals surface area contributed by atoms with Gasteiger partial charge in [0.25, 0.3) is 5.91 Å². The number of hydrazone groups is 1. The van der Waals surface area contributed by atoms with Gasteiger partial charge >= 0.3 is 0 Å². The van der Waals surface area contributed by atoms with Gasteiger partial charge in [0, 0.05) is 18.5 Å². The van der Waals surface area contributed by atoms with Gasteiger partial charge in [-0.3, -0.25) is 9.59 Å². The van der Waals surface area contributed by atoms with Gasteiger partial charge in [0.2, 0.25) is 5.91 Å². The minimum Gasteiger partial charge on any atom is -0.321 e. The molecule has 0 saturated carbocycles. The van der Waals surface area contributed by atoms with Crippen molar-refractivity contribution in [2.45, 2.75) is 33.2 Å². The number of benzene rings is 2. The third kappa shape index (κ3) is 4.27. The predicted molar refractivity (Wildman–Crippen MR) is 114 cm³/mol. The van der Waals surface area contributed by atoms with Crippen LogP contribution in [0.1, 0.15) is 29.5 Å². The number of carbonyl (C=O) groups excluding carboxylic acids is 2. The van der Waals surface area contributed by atoms with E-state index in [1.54, 1.807) is 11.0 Å². The van der Waals surface area contributed by atoms with Gasteiger partial charge in [0.05, 0.1) is 12.2 Å². The number of aryl methyl sites for hydroxylation is 2. The Morgan fingerprint density at radius 1 is 1.13 bits per heavy atom. The van der Waals surface area contributed by atoms with E-state index in [4.69, 9.17) is 0 Å². The summed E-state index contributed by atoms with van der Waals surface area (Å²) in [6.45, 7) is 4.44. The maximum atomic E-state index is 12.8. The topological polar surface area (TPSA) is 92.5 Å². The number of carbonyl (C=O) groups is 2. The molecule has 0 bridgehead atoms. The summed E-state index contributed by atoms with van der Waals surface area (Å²) < 4.78 is 1.71. The fraction of sp³-hybridized carbons (Fsp3) is 0.227. The molecule has 0 radical (unpaired) electrons. The van der Waals surface area contributed by atoms with Crippen molar-refractivity contribution < 1.29 is 9.59 Å². The van der Waals surface area contributed by atoms with E-state index in [1.807, 2.05) is 56.3 Å². The van der Waals surface area contributed by atoms with E-state index in [1.165, 1.54) is 11.3 Å². The number of nitrogens with zero attached hydrogens (tertiary/aromatic N) is 5. The Labute approximate surface area is 174 Å². The molecule has 0 atom stereocenters. The lowest BCUT2D eigenvalue weighted by molar-refractivity contribution is -0.118. The maximum absolute atomic E-state index is 12.8. The van der Waals surface area contributed by atoms with Gasteiger partial charge in [-0.25, -0.2) is 14.7 Å². The SMILES string of the molecule is Cc1ccc(C)c(N2N=C(C(=O)Nc3cccc(Cn4cncn4)c3)CCC2=O)c1. The summed E-state index contributed by atoms with van der Waals surface area (Å²) in [5.74, 6) is -0.425. The quantitative estimate of drug-likeness (QED) is 0.710. The lowest BCUT2D eigenvalue weighted by Gasteiger charge is -2.24. The summed E-state index contributed by atoms with van der Waals surface area (Å²) in [6.07, 6.45) is 3.67. The molecule has 8 nitrogen and oxygen atoms in total. The lowest BCUT2D eigenvalue weighted by atomic mass is 10.1. The molecule has 152 valence electrons. The molecule has 0 unspecified atom stereocenters. The fourth-order valence-corrected chi connectivity index (χ4v) is 3.30. The van der Waals surface area contributed by atoms with Gasteiger partial charge < -0.3 is 5.32 Å². The number of nitrogens with one attached hydrogen (secondary N) is 1. The Balaban J connectivity index is 1.53. The third-order valence-corrected chi connectivity index (χ3v) is 4.88. The summed E-state index contributed by atoms with van der Waals surface area (Å²) in [5, 5.41) is 12.7. The highest BCUT2D eigenvalue weighted by atomic mass is 16.2. The summed E-state index contributed by atoms with van der Waals surface area (Å²) in [5.41, 5.74) is 4.64. The van der Waals surface area contributed by atoms with E-state index in [0.717, 1.165) is 16.7 Å². The standard InChI is InChI=1S/C22H22N6O2/c1-15-6-7-16(2)20(10-15)28-21(29)9-8-19(26-28)22(30)25-18-5-3-4-17(11-18)12-27-14-23-13-24-27/h3-7,10-11,13-14H,8-9,12H2,1-2H3,(H,25,30). The van der Waals surface area contributed by atoms with Crippen LogP contribution in [-0.4, -0.2) is 32.3 Å². The van der Waals surface area contributed by atoms with Crippen molar-refractivity contribution in [2.75, 3.05) is 10.3 Å². The average molecular weight is 402 g/mol. The zero-order chi connectivity index (χ0) is 21.1. The average Bonchev–Trinajstić information content (AvgIpc) is 3.23. The molecular weight excluding hydrogens is 380 g/mol. The monoisotopic (exact) mass is 402 g/mol. The first-order valence-electron chi connectivity index (χ1n) is 9.70. The van der Waals surface area contributed by atoms with Crippen LogP contribution < -0.4 is 10.3 Å². The lowest BCUT2D eigenvalue weighted by Crippen LogP contribution is -2.36. The van der Waals surface area contributed by atoms with Crippen LogP contribution in [0.4, 0.5) is 11.4 Å². The van der Waals surface area contributed by atoms with Crippen LogP contribution >= 0.6 is 0 Å². The molecule has 2 aromatic carbocycles. The summed E-state index contributed by atoms with van der Waals surface area (Å²) in [7, 11) is 0. The second-order valence-electron chi connectivity index (χ2n) is 7.29. The Morgan fingerprint density at radius 2 is 2.00 bits per heavy atom. The Kier molecular flexibility index (Phi) is 5.38. The van der Waals surface area contributed by atoms with Gasteiger partial charge in [-0.05, 0) is 48.7 Å². The maximum Gasteiger partial charge on any atom is 0.271 e. The van der Waals surface area contributed by atoms with Crippen LogP contribution in [0, 0.1) is 13.8 Å². The molecule has 0 fully saturated rings. The third-order valence-electron chi connectivity index (χ3n) is 4.88. The first kappa shape index (κ1) is 19.5. The zero-order valence-corrected chi connectivity index (χ0v) is 16.9. The Hall–Kier alpha value is -3.81. The molecule has 8 heteroatoms. The largest absolute Gasteiger partial charge is 0.321 e. The van der Waals surface area contributed by atoms with Crippen molar-refractivity contribution in [3.63, 3.8) is 0 Å². The molecule has 1 aliphatic heterocycles. The van der Waals surface area contributed by atoms with Crippen LogP contribution in [0.2, 0.25) is 0 Å². The van der Waals surface area contributed by atoms with Crippen molar-refractivity contribution in [3.05, 3.63) is 71.8 Å². The summed E-state index contributed by atoms with van der Waals surface area (Å²) in [6, 6.07) is 13.4. The number of hydrogen-bond acceptors (Lipinski definition) is 5. The van der Waals surface area contributed by atoms with E-state index in [2.05, 4.69) is 20.5 Å². The van der Waals surface area contributed by atoms with E-state index in [9.17, 15) is 9.59 Å². The van der Waals surface area contributed by atoms with Crippen LogP contribution in [0.3, 0.4) is 0 Å². The van der Waals surface area contributed by atoms with Crippen LogP contribution in [-0.2, 0) is 16.1 Å². The summed E-state index contributed by atoms with van der Waals surface area (Å²) in [4.78, 5) is 29.2. The molecule has 30 heavy (non-hydrogen) atoms. The number of anilines is 2. The van der Waals surface area contributed by atoms with Crippen molar-refractivity contribution in [3.8, 4) is 0 Å². The molecule has 3 aromatic rings. The minimum atomic E-state index is -0.310. The molecule has 1 N–H and O–H groups in total. The fourth-order valence-electron chi connectivity index (χ4n) is 3.30. The second-order valence-corrected chi connectivity index (χ2v) is 7.29. The highest BCUT2D eigenvalue weighted by Gasteiger charge is 2.26. The van der Waals surface area contributed by atoms with Gasteiger partial charge in [-0.15, -0.1) is 0 Å². The van der Waals surface area contributed by atoms with Crippen molar-refractivity contribution in [1.29, 1.82) is 0 Å². The molecule has 0 aliphatic carbocycles. The number of rotatable bonds is 5. The Morgan fingerprint density at radius 3 is 2.80 bits per heavy atom. The molecule has 0 saturated heterocycles. The van der Waals surface area contributed by atoms with E-state index < -0.39 is 0 Å². The minimum absolute atomic E-state index is 0.116. The first-order valence-corrected chi connectivity index (χ1v) is 9.70. The molecule has 1 aromatic heterocycles. The first-order chi connectivity index (χ1) is 14.5. The predicted octanol–water partition coefficient (Wildman–Crippen LogP) is 3.06. The highest BCUT2D eigenvalue weighted by Crippen LogP contribution is 2.25. The molecule has 4 rings (SSSR count). The van der Waals surface area contributed by atoms with Crippen molar-refractivity contribution in [2.24, 2.45) is 5.10 Å². The highest BCUT2D eigenvalue weighted by molar-refractivity contribution is 6.44. The number of hydrogen-bond donors (Lipinski definition) is 1. The Bertz CT molecular complexity index is 1120. The molecule has 0 spiro atoms. The normalized spacial score (nSPS) is 13.9. The van der Waals surface area contributed by atoms with Gasteiger partial charge in [-0.2, -0.15) is 10.2 Å². The zero-order valence-electron chi connectivity index (χ0n) is 16.9. The van der Waals surface area contributed by atoms with Crippen molar-refractivity contribution in [1.82, 2.24) is 14.8 Å². The van der Waals surface area contributed by atoms with E-state index in [0.29, 0.717) is 30.1 Å². The molecule has 2 heterocycles. The van der Waals surface area contributed by atoms with Crippen LogP contribution in [0.15, 0.2) is 60.2 Å². The van der Waals surface area contributed by atoms with Crippen LogP contribution in [0.5, 0.6) is 0 Å². The molecular formula is C22H22N6O2. The van der Waals surface area contributed by atoms with E-state index in [-0.39, 0.29) is 18.2 Å². The van der Waals surface area contributed by atoms with Gasteiger partial charge in [-0.1, -0.05) is 24.3 Å². The number of aromatic nitrogens is 3. The molecule has 2 amide bonds. The van der Waals surface area contributed by atoms with Gasteiger partial charge in [0.15, 0.2) is 0 Å². The summed E-state index contributed by atoms with van der Waals surface area (Å²) >= 11 is 0.